The van der Waals surface area contributed by atoms with Gasteiger partial charge in [-0.1, -0.05) is 43.3 Å². The summed E-state index contributed by atoms with van der Waals surface area (Å²) in [5, 5.41) is 19.9. The lowest BCUT2D eigenvalue weighted by Gasteiger charge is -2.12. The van der Waals surface area contributed by atoms with Gasteiger partial charge in [-0.2, -0.15) is 10.5 Å². The molecule has 25 heavy (non-hydrogen) atoms. The summed E-state index contributed by atoms with van der Waals surface area (Å²) in [7, 11) is 0. The minimum absolute atomic E-state index is 0.0693. The van der Waals surface area contributed by atoms with E-state index in [0.29, 0.717) is 17.9 Å². The highest BCUT2D eigenvalue weighted by Crippen LogP contribution is 2.23. The van der Waals surface area contributed by atoms with E-state index >= 15 is 0 Å². The van der Waals surface area contributed by atoms with Crippen LogP contribution in [0, 0.1) is 28.6 Å². The molecule has 0 radical (unpaired) electrons. The molecule has 0 aliphatic carbocycles. The van der Waals surface area contributed by atoms with Gasteiger partial charge in [0.2, 0.25) is 5.91 Å². The van der Waals surface area contributed by atoms with Crippen molar-refractivity contribution in [2.45, 2.75) is 26.2 Å². The highest BCUT2D eigenvalue weighted by atomic mass is 16.1. The summed E-state index contributed by atoms with van der Waals surface area (Å²) in [4.78, 5) is 11.6. The maximum Gasteiger partial charge on any atom is 0.220 e. The molecule has 1 unspecified atom stereocenters. The Labute approximate surface area is 148 Å². The predicted octanol–water partition coefficient (Wildman–Crippen LogP) is 3.82. The second kappa shape index (κ2) is 9.25. The zero-order valence-corrected chi connectivity index (χ0v) is 14.3. The van der Waals surface area contributed by atoms with Gasteiger partial charge in [0.05, 0.1) is 17.7 Å². The quantitative estimate of drug-likeness (QED) is 0.783. The number of rotatable bonds is 7. The van der Waals surface area contributed by atoms with Gasteiger partial charge in [0.25, 0.3) is 0 Å². The molecule has 0 spiro atoms. The lowest BCUT2D eigenvalue weighted by molar-refractivity contribution is -0.121. The minimum Gasteiger partial charge on any atom is -0.343 e. The van der Waals surface area contributed by atoms with E-state index in [-0.39, 0.29) is 12.5 Å². The molecule has 0 heterocycles. The Morgan fingerprint density at radius 1 is 1.12 bits per heavy atom. The number of carbonyl (C=O) groups excluding carboxylic acids is 1. The van der Waals surface area contributed by atoms with Crippen LogP contribution in [0.4, 0.5) is 0 Å². The van der Waals surface area contributed by atoms with Crippen molar-refractivity contribution in [3.63, 3.8) is 0 Å². The molecule has 0 aromatic heterocycles. The fourth-order valence-electron chi connectivity index (χ4n) is 2.72. The van der Waals surface area contributed by atoms with Gasteiger partial charge >= 0.3 is 0 Å². The zero-order chi connectivity index (χ0) is 18.1. The van der Waals surface area contributed by atoms with Gasteiger partial charge in [0, 0.05) is 6.42 Å². The fourth-order valence-corrected chi connectivity index (χ4v) is 2.72. The molecule has 0 fully saturated rings. The number of nitriles is 2. The molecule has 0 aliphatic rings. The van der Waals surface area contributed by atoms with Crippen molar-refractivity contribution < 1.29 is 4.79 Å². The maximum absolute atomic E-state index is 11.6. The van der Waals surface area contributed by atoms with E-state index in [1.807, 2.05) is 36.4 Å². The third-order valence-electron chi connectivity index (χ3n) is 4.09. The summed E-state index contributed by atoms with van der Waals surface area (Å²) in [6.45, 7) is 2.20. The SMILES string of the molecule is CC(CCC(=O)NCC#N)Cc1cccc(-c2ccc(C#N)cc2)c1. The lowest BCUT2D eigenvalue weighted by Crippen LogP contribution is -2.23. The Balaban J connectivity index is 1.95. The summed E-state index contributed by atoms with van der Waals surface area (Å²) in [5.41, 5.74) is 4.10. The number of amides is 1. The third-order valence-corrected chi connectivity index (χ3v) is 4.09. The largest absolute Gasteiger partial charge is 0.343 e. The van der Waals surface area contributed by atoms with Crippen LogP contribution in [0.15, 0.2) is 48.5 Å². The van der Waals surface area contributed by atoms with Gasteiger partial charge < -0.3 is 5.32 Å². The van der Waals surface area contributed by atoms with Gasteiger partial charge in [-0.05, 0) is 47.6 Å². The number of hydrogen-bond acceptors (Lipinski definition) is 3. The van der Waals surface area contributed by atoms with Gasteiger partial charge in [0.15, 0.2) is 0 Å². The van der Waals surface area contributed by atoms with Crippen LogP contribution in [0.2, 0.25) is 0 Å². The van der Waals surface area contributed by atoms with E-state index in [2.05, 4.69) is 36.5 Å². The molecule has 0 bridgehead atoms. The van der Waals surface area contributed by atoms with Crippen LogP contribution in [0.5, 0.6) is 0 Å². The van der Waals surface area contributed by atoms with Gasteiger partial charge in [-0.15, -0.1) is 0 Å². The number of nitrogens with zero attached hydrogens (tertiary/aromatic N) is 2. The molecule has 2 rings (SSSR count). The number of hydrogen-bond donors (Lipinski definition) is 1. The van der Waals surface area contributed by atoms with Crippen molar-refractivity contribution >= 4 is 5.91 Å². The molecule has 1 atom stereocenters. The molecule has 0 aliphatic heterocycles. The first-order valence-electron chi connectivity index (χ1n) is 8.35. The zero-order valence-electron chi connectivity index (χ0n) is 14.3. The Morgan fingerprint density at radius 2 is 1.88 bits per heavy atom. The summed E-state index contributed by atoms with van der Waals surface area (Å²) < 4.78 is 0. The molecular weight excluding hydrogens is 310 g/mol. The molecule has 0 saturated carbocycles. The smallest absolute Gasteiger partial charge is 0.220 e. The molecule has 0 saturated heterocycles. The molecule has 126 valence electrons. The number of carbonyl (C=O) groups is 1. The second-order valence-corrected chi connectivity index (χ2v) is 6.17. The predicted molar refractivity (Wildman–Crippen MR) is 97.3 cm³/mol. The van der Waals surface area contributed by atoms with E-state index < -0.39 is 0 Å². The number of benzene rings is 2. The monoisotopic (exact) mass is 331 g/mol. The van der Waals surface area contributed by atoms with Crippen LogP contribution in [-0.2, 0) is 11.2 Å². The lowest BCUT2D eigenvalue weighted by atomic mass is 9.94. The van der Waals surface area contributed by atoms with E-state index in [0.717, 1.165) is 24.0 Å². The van der Waals surface area contributed by atoms with E-state index in [4.69, 9.17) is 10.5 Å². The molecule has 1 N–H and O–H groups in total. The molecule has 2 aromatic rings. The van der Waals surface area contributed by atoms with Crippen molar-refractivity contribution in [3.05, 3.63) is 59.7 Å². The van der Waals surface area contributed by atoms with Crippen LogP contribution in [0.1, 0.15) is 30.9 Å². The van der Waals surface area contributed by atoms with Gasteiger partial charge in [0.1, 0.15) is 6.54 Å². The van der Waals surface area contributed by atoms with Crippen LogP contribution in [0.25, 0.3) is 11.1 Å². The van der Waals surface area contributed by atoms with Crippen LogP contribution < -0.4 is 5.32 Å². The average Bonchev–Trinajstić information content (AvgIpc) is 2.65. The Hall–Kier alpha value is -3.11. The van der Waals surface area contributed by atoms with Crippen molar-refractivity contribution in [3.8, 4) is 23.3 Å². The van der Waals surface area contributed by atoms with Gasteiger partial charge in [-0.3, -0.25) is 4.79 Å². The minimum atomic E-state index is -0.0697. The van der Waals surface area contributed by atoms with Crippen molar-refractivity contribution in [2.75, 3.05) is 6.54 Å². The summed E-state index contributed by atoms with van der Waals surface area (Å²) in [5.74, 6) is 0.309. The molecule has 4 nitrogen and oxygen atoms in total. The topological polar surface area (TPSA) is 76.7 Å². The second-order valence-electron chi connectivity index (χ2n) is 6.17. The fraction of sp³-hybridized carbons (Fsp3) is 0.286. The van der Waals surface area contributed by atoms with Crippen LogP contribution >= 0.6 is 0 Å². The van der Waals surface area contributed by atoms with E-state index in [1.165, 1.54) is 5.56 Å². The maximum atomic E-state index is 11.6. The Kier molecular flexibility index (Phi) is 6.75. The van der Waals surface area contributed by atoms with Crippen LogP contribution in [-0.4, -0.2) is 12.5 Å². The van der Waals surface area contributed by atoms with Crippen molar-refractivity contribution in [1.82, 2.24) is 5.32 Å². The third kappa shape index (κ3) is 5.79. The van der Waals surface area contributed by atoms with E-state index in [1.54, 1.807) is 0 Å². The Morgan fingerprint density at radius 3 is 2.56 bits per heavy atom. The van der Waals surface area contributed by atoms with Crippen molar-refractivity contribution in [1.29, 1.82) is 10.5 Å². The van der Waals surface area contributed by atoms with E-state index in [9.17, 15) is 4.79 Å². The normalized spacial score (nSPS) is 11.2. The first-order valence-corrected chi connectivity index (χ1v) is 8.35. The number of nitrogens with one attached hydrogen (secondary N) is 1. The highest BCUT2D eigenvalue weighted by Gasteiger charge is 2.08. The molecule has 2 aromatic carbocycles. The van der Waals surface area contributed by atoms with Crippen LogP contribution in [0.3, 0.4) is 0 Å². The van der Waals surface area contributed by atoms with Crippen molar-refractivity contribution in [2.24, 2.45) is 5.92 Å². The molecule has 1 amide bonds. The summed E-state index contributed by atoms with van der Waals surface area (Å²) in [6, 6.07) is 20.0. The first-order chi connectivity index (χ1) is 12.1. The standard InChI is InChI=1S/C21H21N3O/c1-16(5-10-21(25)24-12-11-22)13-18-3-2-4-20(14-18)19-8-6-17(15-23)7-9-19/h2-4,6-9,14,16H,5,10,12-13H2,1H3,(H,24,25). The first kappa shape index (κ1) is 18.2. The summed E-state index contributed by atoms with van der Waals surface area (Å²) in [6.07, 6.45) is 2.13. The average molecular weight is 331 g/mol. The molecular formula is C21H21N3O. The highest BCUT2D eigenvalue weighted by molar-refractivity contribution is 5.76. The Bertz CT molecular complexity index is 797. The summed E-state index contributed by atoms with van der Waals surface area (Å²) >= 11 is 0. The molecule has 4 heteroatoms. The van der Waals surface area contributed by atoms with Gasteiger partial charge in [-0.25, -0.2) is 0 Å².